The molecule has 0 aliphatic carbocycles. The van der Waals surface area contributed by atoms with Crippen molar-refractivity contribution >= 4 is 17.5 Å². The summed E-state index contributed by atoms with van der Waals surface area (Å²) in [7, 11) is 1.71. The Balaban J connectivity index is 2.95. The molecule has 0 bridgehead atoms. The van der Waals surface area contributed by atoms with E-state index in [4.69, 9.17) is 11.6 Å². The van der Waals surface area contributed by atoms with Gasteiger partial charge in [-0.2, -0.15) is 0 Å². The molecule has 15 heavy (non-hydrogen) atoms. The lowest BCUT2D eigenvalue weighted by Crippen LogP contribution is -2.27. The maximum Gasteiger partial charge on any atom is 0.255 e. The van der Waals surface area contributed by atoms with Gasteiger partial charge in [0.15, 0.2) is 0 Å². The number of hydrogen-bond acceptors (Lipinski definition) is 2. The first-order valence-electron chi connectivity index (χ1n) is 4.80. The van der Waals surface area contributed by atoms with E-state index in [2.05, 4.69) is 0 Å². The Bertz CT molecular complexity index is 366. The molecule has 0 aromatic heterocycles. The first-order valence-corrected chi connectivity index (χ1v) is 5.18. The van der Waals surface area contributed by atoms with Gasteiger partial charge in [0.05, 0.1) is 10.6 Å². The smallest absolute Gasteiger partial charge is 0.255 e. The molecule has 0 radical (unpaired) electrons. The zero-order valence-corrected chi connectivity index (χ0v) is 9.58. The van der Waals surface area contributed by atoms with Crippen LogP contribution < -0.4 is 0 Å². The van der Waals surface area contributed by atoms with Crippen LogP contribution in [0.4, 0.5) is 0 Å². The number of aromatic hydroxyl groups is 1. The van der Waals surface area contributed by atoms with Crippen molar-refractivity contribution < 1.29 is 9.90 Å². The Hall–Kier alpha value is -1.22. The summed E-state index contributed by atoms with van der Waals surface area (Å²) < 4.78 is 0. The van der Waals surface area contributed by atoms with E-state index in [0.29, 0.717) is 17.1 Å². The van der Waals surface area contributed by atoms with Gasteiger partial charge in [0, 0.05) is 13.6 Å². The number of carbonyl (C=O) groups excluding carboxylic acids is 1. The number of carbonyl (C=O) groups is 1. The molecular weight excluding hydrogens is 214 g/mol. The lowest BCUT2D eigenvalue weighted by molar-refractivity contribution is 0.0795. The molecule has 3 nitrogen and oxygen atoms in total. The summed E-state index contributed by atoms with van der Waals surface area (Å²) in [5, 5.41) is 9.63. The van der Waals surface area contributed by atoms with Crippen molar-refractivity contribution in [2.75, 3.05) is 13.6 Å². The van der Waals surface area contributed by atoms with Crippen LogP contribution in [0.25, 0.3) is 0 Å². The molecule has 0 unspecified atom stereocenters. The number of nitrogens with zero attached hydrogens (tertiary/aromatic N) is 1. The number of amides is 1. The van der Waals surface area contributed by atoms with Crippen molar-refractivity contribution in [3.63, 3.8) is 0 Å². The molecule has 0 saturated carbocycles. The minimum Gasteiger partial charge on any atom is -0.508 e. The van der Waals surface area contributed by atoms with E-state index in [1.165, 1.54) is 18.2 Å². The third kappa shape index (κ3) is 2.86. The number of phenolic OH excluding ortho intramolecular Hbond substituents is 1. The van der Waals surface area contributed by atoms with Crippen LogP contribution in [0.2, 0.25) is 5.02 Å². The van der Waals surface area contributed by atoms with Crippen LogP contribution in [-0.4, -0.2) is 29.5 Å². The van der Waals surface area contributed by atoms with Crippen LogP contribution in [0.5, 0.6) is 5.75 Å². The number of benzene rings is 1. The van der Waals surface area contributed by atoms with E-state index in [1.54, 1.807) is 11.9 Å². The lowest BCUT2D eigenvalue weighted by atomic mass is 10.2. The molecule has 1 rings (SSSR count). The number of hydrogen-bond donors (Lipinski definition) is 1. The standard InChI is InChI=1S/C11H14ClNO2/c1-3-6-13(2)11(15)9-7-8(14)4-5-10(9)12/h4-5,7,14H,3,6H2,1-2H3. The SMILES string of the molecule is CCCN(C)C(=O)c1cc(O)ccc1Cl. The summed E-state index contributed by atoms with van der Waals surface area (Å²) in [5.41, 5.74) is 0.340. The van der Waals surface area contributed by atoms with Gasteiger partial charge in [-0.05, 0) is 24.6 Å². The molecule has 82 valence electrons. The normalized spacial score (nSPS) is 10.1. The van der Waals surface area contributed by atoms with Crippen LogP contribution in [0.1, 0.15) is 23.7 Å². The molecule has 1 aromatic rings. The summed E-state index contributed by atoms with van der Waals surface area (Å²) in [6.07, 6.45) is 0.888. The topological polar surface area (TPSA) is 40.5 Å². The van der Waals surface area contributed by atoms with Crippen molar-refractivity contribution in [3.8, 4) is 5.75 Å². The zero-order chi connectivity index (χ0) is 11.4. The fraction of sp³-hybridized carbons (Fsp3) is 0.364. The predicted molar refractivity (Wildman–Crippen MR) is 60.4 cm³/mol. The fourth-order valence-electron chi connectivity index (χ4n) is 1.32. The molecule has 4 heteroatoms. The largest absolute Gasteiger partial charge is 0.508 e. The first-order chi connectivity index (χ1) is 7.06. The number of halogens is 1. The van der Waals surface area contributed by atoms with E-state index in [1.807, 2.05) is 6.92 Å². The van der Waals surface area contributed by atoms with Crippen molar-refractivity contribution in [1.29, 1.82) is 0 Å². The molecule has 1 aromatic carbocycles. The zero-order valence-electron chi connectivity index (χ0n) is 8.83. The molecule has 0 aliphatic heterocycles. The Labute approximate surface area is 94.3 Å². The second-order valence-corrected chi connectivity index (χ2v) is 3.80. The van der Waals surface area contributed by atoms with Gasteiger partial charge in [0.25, 0.3) is 5.91 Å². The highest BCUT2D eigenvalue weighted by Crippen LogP contribution is 2.22. The van der Waals surface area contributed by atoms with Crippen LogP contribution >= 0.6 is 11.6 Å². The first kappa shape index (κ1) is 11.9. The minimum atomic E-state index is -0.169. The van der Waals surface area contributed by atoms with Crippen LogP contribution in [-0.2, 0) is 0 Å². The van der Waals surface area contributed by atoms with Gasteiger partial charge in [-0.3, -0.25) is 4.79 Å². The minimum absolute atomic E-state index is 0.0487. The Kier molecular flexibility index (Phi) is 3.97. The number of rotatable bonds is 3. The summed E-state index contributed by atoms with van der Waals surface area (Å²) in [6.45, 7) is 2.67. The number of phenols is 1. The quantitative estimate of drug-likeness (QED) is 0.862. The summed E-state index contributed by atoms with van der Waals surface area (Å²) in [6, 6.07) is 4.36. The maximum absolute atomic E-state index is 11.8. The summed E-state index contributed by atoms with van der Waals surface area (Å²) >= 11 is 5.88. The molecule has 1 amide bonds. The Morgan fingerprint density at radius 1 is 1.53 bits per heavy atom. The van der Waals surface area contributed by atoms with Gasteiger partial charge in [-0.1, -0.05) is 18.5 Å². The monoisotopic (exact) mass is 227 g/mol. The molecule has 0 heterocycles. The van der Waals surface area contributed by atoms with Crippen molar-refractivity contribution in [3.05, 3.63) is 28.8 Å². The average molecular weight is 228 g/mol. The average Bonchev–Trinajstić information content (AvgIpc) is 2.21. The highest BCUT2D eigenvalue weighted by molar-refractivity contribution is 6.33. The highest BCUT2D eigenvalue weighted by atomic mass is 35.5. The van der Waals surface area contributed by atoms with Crippen LogP contribution in [0.3, 0.4) is 0 Å². The molecule has 0 atom stereocenters. The van der Waals surface area contributed by atoms with E-state index >= 15 is 0 Å². The molecule has 0 fully saturated rings. The predicted octanol–water partition coefficient (Wildman–Crippen LogP) is 2.53. The molecule has 0 saturated heterocycles. The van der Waals surface area contributed by atoms with Gasteiger partial charge in [0.1, 0.15) is 5.75 Å². The third-order valence-corrected chi connectivity index (χ3v) is 2.42. The van der Waals surface area contributed by atoms with Gasteiger partial charge < -0.3 is 10.0 Å². The van der Waals surface area contributed by atoms with Gasteiger partial charge in [-0.15, -0.1) is 0 Å². The van der Waals surface area contributed by atoms with Gasteiger partial charge in [-0.25, -0.2) is 0 Å². The molecule has 1 N–H and O–H groups in total. The van der Waals surface area contributed by atoms with Crippen molar-refractivity contribution in [2.45, 2.75) is 13.3 Å². The second kappa shape index (κ2) is 5.03. The van der Waals surface area contributed by atoms with E-state index in [9.17, 15) is 9.90 Å². The molecular formula is C11H14ClNO2. The summed E-state index contributed by atoms with van der Waals surface area (Å²) in [4.78, 5) is 13.4. The van der Waals surface area contributed by atoms with Gasteiger partial charge >= 0.3 is 0 Å². The van der Waals surface area contributed by atoms with E-state index < -0.39 is 0 Å². The van der Waals surface area contributed by atoms with E-state index in [0.717, 1.165) is 6.42 Å². The molecule has 0 aliphatic rings. The third-order valence-electron chi connectivity index (χ3n) is 2.09. The Morgan fingerprint density at radius 2 is 2.20 bits per heavy atom. The lowest BCUT2D eigenvalue weighted by Gasteiger charge is -2.16. The van der Waals surface area contributed by atoms with E-state index in [-0.39, 0.29) is 11.7 Å². The Morgan fingerprint density at radius 3 is 2.80 bits per heavy atom. The van der Waals surface area contributed by atoms with Crippen LogP contribution in [0.15, 0.2) is 18.2 Å². The fourth-order valence-corrected chi connectivity index (χ4v) is 1.52. The van der Waals surface area contributed by atoms with Crippen molar-refractivity contribution in [1.82, 2.24) is 4.90 Å². The van der Waals surface area contributed by atoms with Crippen molar-refractivity contribution in [2.24, 2.45) is 0 Å². The molecule has 0 spiro atoms. The second-order valence-electron chi connectivity index (χ2n) is 3.39. The highest BCUT2D eigenvalue weighted by Gasteiger charge is 2.14. The van der Waals surface area contributed by atoms with Crippen LogP contribution in [0, 0.1) is 0 Å². The maximum atomic E-state index is 11.8. The van der Waals surface area contributed by atoms with Gasteiger partial charge in [0.2, 0.25) is 0 Å². The summed E-state index contributed by atoms with van der Waals surface area (Å²) in [5.74, 6) is -0.120.